The quantitative estimate of drug-likeness (QED) is 0.714. The van der Waals surface area contributed by atoms with E-state index in [1.54, 1.807) is 0 Å². The molecule has 1 fully saturated rings. The molecular weight excluding hydrogens is 174 g/mol. The third kappa shape index (κ3) is 3.58. The fraction of sp³-hybridized carbons (Fsp3) is 1.00. The minimum atomic E-state index is 0.348. The van der Waals surface area contributed by atoms with Crippen LogP contribution in [0.2, 0.25) is 0 Å². The van der Waals surface area contributed by atoms with Gasteiger partial charge in [0.25, 0.3) is 0 Å². The fourth-order valence-corrected chi connectivity index (χ4v) is 2.31. The summed E-state index contributed by atoms with van der Waals surface area (Å²) in [4.78, 5) is 0. The van der Waals surface area contributed by atoms with Gasteiger partial charge in [0.2, 0.25) is 0 Å². The van der Waals surface area contributed by atoms with Crippen molar-refractivity contribution in [3.8, 4) is 0 Å². The van der Waals surface area contributed by atoms with Crippen LogP contribution in [0.3, 0.4) is 0 Å². The van der Waals surface area contributed by atoms with Crippen LogP contribution in [0, 0.1) is 5.41 Å². The molecular formula is C12H25NO. The smallest absolute Gasteiger partial charge is 0.0576 e. The van der Waals surface area contributed by atoms with Crippen molar-refractivity contribution in [1.29, 1.82) is 0 Å². The molecule has 0 aliphatic carbocycles. The molecule has 0 spiro atoms. The van der Waals surface area contributed by atoms with Crippen molar-refractivity contribution in [2.45, 2.75) is 58.5 Å². The standard InChI is InChI=1S/C12H25NO/c1-3-7-12(2,10-13)8-6-11-5-4-9-14-11/h11H,3-10,13H2,1-2H3. The molecule has 2 unspecified atom stereocenters. The summed E-state index contributed by atoms with van der Waals surface area (Å²) in [5, 5.41) is 0. The zero-order chi connectivity index (χ0) is 10.4. The van der Waals surface area contributed by atoms with Gasteiger partial charge in [-0.05, 0) is 44.1 Å². The van der Waals surface area contributed by atoms with Crippen LogP contribution in [0.5, 0.6) is 0 Å². The monoisotopic (exact) mass is 199 g/mol. The van der Waals surface area contributed by atoms with Gasteiger partial charge in [0.05, 0.1) is 6.10 Å². The summed E-state index contributed by atoms with van der Waals surface area (Å²) >= 11 is 0. The molecule has 0 radical (unpaired) electrons. The van der Waals surface area contributed by atoms with Crippen LogP contribution in [-0.2, 0) is 4.74 Å². The highest BCUT2D eigenvalue weighted by molar-refractivity contribution is 4.77. The molecule has 0 aromatic rings. The van der Waals surface area contributed by atoms with Crippen molar-refractivity contribution in [1.82, 2.24) is 0 Å². The van der Waals surface area contributed by atoms with Gasteiger partial charge < -0.3 is 10.5 Å². The first-order valence-electron chi connectivity index (χ1n) is 6.02. The zero-order valence-electron chi connectivity index (χ0n) is 9.72. The Hall–Kier alpha value is -0.0800. The maximum atomic E-state index is 5.84. The van der Waals surface area contributed by atoms with Crippen molar-refractivity contribution in [2.75, 3.05) is 13.2 Å². The summed E-state index contributed by atoms with van der Waals surface area (Å²) in [5.74, 6) is 0. The Morgan fingerprint density at radius 3 is 2.71 bits per heavy atom. The third-order valence-electron chi connectivity index (χ3n) is 3.44. The van der Waals surface area contributed by atoms with E-state index in [0.29, 0.717) is 11.5 Å². The topological polar surface area (TPSA) is 35.2 Å². The Morgan fingerprint density at radius 2 is 2.21 bits per heavy atom. The van der Waals surface area contributed by atoms with E-state index >= 15 is 0 Å². The Kier molecular flexibility index (Phi) is 4.90. The second-order valence-electron chi connectivity index (χ2n) is 4.94. The van der Waals surface area contributed by atoms with Gasteiger partial charge in [-0.25, -0.2) is 0 Å². The molecule has 2 nitrogen and oxygen atoms in total. The molecule has 1 aliphatic heterocycles. The van der Waals surface area contributed by atoms with Crippen molar-refractivity contribution in [3.05, 3.63) is 0 Å². The number of ether oxygens (including phenoxy) is 1. The maximum absolute atomic E-state index is 5.84. The van der Waals surface area contributed by atoms with E-state index in [4.69, 9.17) is 10.5 Å². The van der Waals surface area contributed by atoms with Crippen LogP contribution in [0.25, 0.3) is 0 Å². The minimum absolute atomic E-state index is 0.348. The van der Waals surface area contributed by atoms with E-state index < -0.39 is 0 Å². The second kappa shape index (κ2) is 5.72. The molecule has 0 aromatic carbocycles. The zero-order valence-corrected chi connectivity index (χ0v) is 9.72. The lowest BCUT2D eigenvalue weighted by Gasteiger charge is -2.28. The molecule has 0 saturated carbocycles. The molecule has 1 aliphatic rings. The summed E-state index contributed by atoms with van der Waals surface area (Å²) in [5.41, 5.74) is 6.18. The number of hydrogen-bond donors (Lipinski definition) is 1. The first kappa shape index (κ1) is 12.0. The first-order chi connectivity index (χ1) is 6.70. The van der Waals surface area contributed by atoms with E-state index in [1.165, 1.54) is 38.5 Å². The van der Waals surface area contributed by atoms with Crippen LogP contribution in [0.1, 0.15) is 52.4 Å². The maximum Gasteiger partial charge on any atom is 0.0576 e. The summed E-state index contributed by atoms with van der Waals surface area (Å²) in [6, 6.07) is 0. The number of rotatable bonds is 6. The highest BCUT2D eigenvalue weighted by atomic mass is 16.5. The lowest BCUT2D eigenvalue weighted by molar-refractivity contribution is 0.0890. The Bertz CT molecular complexity index is 154. The highest BCUT2D eigenvalue weighted by Crippen LogP contribution is 2.30. The number of nitrogens with two attached hydrogens (primary N) is 1. The van der Waals surface area contributed by atoms with Gasteiger partial charge in [-0.2, -0.15) is 0 Å². The average Bonchev–Trinajstić information content (AvgIpc) is 2.68. The van der Waals surface area contributed by atoms with Crippen molar-refractivity contribution in [3.63, 3.8) is 0 Å². The Balaban J connectivity index is 2.25. The molecule has 2 atom stereocenters. The predicted octanol–water partition coefficient (Wildman–Crippen LogP) is 2.71. The Morgan fingerprint density at radius 1 is 1.43 bits per heavy atom. The molecule has 14 heavy (non-hydrogen) atoms. The lowest BCUT2D eigenvalue weighted by atomic mass is 9.80. The van der Waals surface area contributed by atoms with E-state index in [0.717, 1.165) is 13.2 Å². The lowest BCUT2D eigenvalue weighted by Crippen LogP contribution is -2.28. The second-order valence-corrected chi connectivity index (χ2v) is 4.94. The third-order valence-corrected chi connectivity index (χ3v) is 3.44. The van der Waals surface area contributed by atoms with Gasteiger partial charge in [-0.3, -0.25) is 0 Å². The molecule has 1 saturated heterocycles. The molecule has 84 valence electrons. The minimum Gasteiger partial charge on any atom is -0.378 e. The number of hydrogen-bond acceptors (Lipinski definition) is 2. The summed E-state index contributed by atoms with van der Waals surface area (Å²) in [6.07, 6.45) is 7.94. The molecule has 2 heteroatoms. The van der Waals surface area contributed by atoms with Crippen molar-refractivity contribution < 1.29 is 4.74 Å². The molecule has 0 amide bonds. The fourth-order valence-electron chi connectivity index (χ4n) is 2.31. The highest BCUT2D eigenvalue weighted by Gasteiger charge is 2.24. The average molecular weight is 199 g/mol. The van der Waals surface area contributed by atoms with Gasteiger partial charge in [-0.15, -0.1) is 0 Å². The van der Waals surface area contributed by atoms with Gasteiger partial charge >= 0.3 is 0 Å². The first-order valence-corrected chi connectivity index (χ1v) is 6.02. The Labute approximate surface area is 88.2 Å². The van der Waals surface area contributed by atoms with Gasteiger partial charge in [0, 0.05) is 6.61 Å². The molecule has 0 aromatic heterocycles. The largest absolute Gasteiger partial charge is 0.378 e. The SMILES string of the molecule is CCCC(C)(CN)CCC1CCCO1. The molecule has 1 heterocycles. The van der Waals surface area contributed by atoms with E-state index in [2.05, 4.69) is 13.8 Å². The molecule has 0 bridgehead atoms. The van der Waals surface area contributed by atoms with Crippen LogP contribution in [-0.4, -0.2) is 19.3 Å². The van der Waals surface area contributed by atoms with Crippen molar-refractivity contribution >= 4 is 0 Å². The predicted molar refractivity (Wildman–Crippen MR) is 60.3 cm³/mol. The molecule has 1 rings (SSSR count). The van der Waals surface area contributed by atoms with Crippen LogP contribution in [0.4, 0.5) is 0 Å². The van der Waals surface area contributed by atoms with Gasteiger partial charge in [0.15, 0.2) is 0 Å². The van der Waals surface area contributed by atoms with E-state index in [-0.39, 0.29) is 0 Å². The van der Waals surface area contributed by atoms with Crippen molar-refractivity contribution in [2.24, 2.45) is 11.1 Å². The van der Waals surface area contributed by atoms with E-state index in [1.807, 2.05) is 0 Å². The molecule has 2 N–H and O–H groups in total. The van der Waals surface area contributed by atoms with Gasteiger partial charge in [-0.1, -0.05) is 20.3 Å². The normalized spacial score (nSPS) is 26.4. The van der Waals surface area contributed by atoms with E-state index in [9.17, 15) is 0 Å². The van der Waals surface area contributed by atoms with Crippen LogP contribution in [0.15, 0.2) is 0 Å². The van der Waals surface area contributed by atoms with Gasteiger partial charge in [0.1, 0.15) is 0 Å². The summed E-state index contributed by atoms with van der Waals surface area (Å²) in [6.45, 7) is 6.33. The van der Waals surface area contributed by atoms with Crippen LogP contribution < -0.4 is 5.73 Å². The summed E-state index contributed by atoms with van der Waals surface area (Å²) < 4.78 is 5.63. The van der Waals surface area contributed by atoms with Crippen LogP contribution >= 0.6 is 0 Å². The summed E-state index contributed by atoms with van der Waals surface area (Å²) in [7, 11) is 0.